The van der Waals surface area contributed by atoms with Gasteiger partial charge in [-0.3, -0.25) is 14.5 Å². The zero-order chi connectivity index (χ0) is 43.1. The van der Waals surface area contributed by atoms with Gasteiger partial charge in [-0.1, -0.05) is 63.8 Å². The highest BCUT2D eigenvalue weighted by Crippen LogP contribution is 2.33. The number of aromatic nitrogens is 4. The Bertz CT molecular complexity index is 2240. The van der Waals surface area contributed by atoms with Crippen molar-refractivity contribution in [3.8, 4) is 34.4 Å². The van der Waals surface area contributed by atoms with Crippen LogP contribution in [0.25, 0.3) is 22.5 Å². The molecule has 5 amide bonds. The molecule has 0 aliphatic carbocycles. The molecule has 0 radical (unpaired) electrons. The summed E-state index contributed by atoms with van der Waals surface area (Å²) < 4.78 is 14.4. The molecule has 4 N–H and O–H groups in total. The summed E-state index contributed by atoms with van der Waals surface area (Å²) in [4.78, 5) is 84.5. The summed E-state index contributed by atoms with van der Waals surface area (Å²) in [5.74, 6) is 6.67. The first-order valence-corrected chi connectivity index (χ1v) is 19.8. The van der Waals surface area contributed by atoms with Crippen LogP contribution >= 0.6 is 0 Å². The van der Waals surface area contributed by atoms with Gasteiger partial charge in [-0.05, 0) is 48.9 Å². The minimum Gasteiger partial charge on any atom is -0.453 e. The Morgan fingerprint density at radius 1 is 0.683 bits per heavy atom. The van der Waals surface area contributed by atoms with E-state index in [1.54, 1.807) is 11.1 Å². The van der Waals surface area contributed by atoms with Crippen molar-refractivity contribution in [2.75, 3.05) is 41.1 Å². The van der Waals surface area contributed by atoms with Crippen molar-refractivity contribution in [3.05, 3.63) is 83.7 Å². The van der Waals surface area contributed by atoms with Gasteiger partial charge >= 0.3 is 18.3 Å². The molecule has 316 valence electrons. The topological polar surface area (TPSA) is 204 Å². The number of nitrogens with zero attached hydrogens (tertiary/aromatic N) is 5. The Morgan fingerprint density at radius 2 is 1.15 bits per heavy atom. The Morgan fingerprint density at radius 3 is 1.60 bits per heavy atom. The number of hydrogen-bond acceptors (Lipinski definition) is 10. The normalized spacial score (nSPS) is 17.2. The molecule has 2 aromatic carbocycles. The first-order valence-electron chi connectivity index (χ1n) is 19.8. The average molecular weight is 822 g/mol. The number of carbonyl (C=O) groups is 5. The number of H-pyrrole nitrogens is 2. The van der Waals surface area contributed by atoms with E-state index in [4.69, 9.17) is 24.2 Å². The highest BCUT2D eigenvalue weighted by Gasteiger charge is 2.43. The van der Waals surface area contributed by atoms with Crippen LogP contribution in [0.1, 0.15) is 75.4 Å². The second-order valence-corrected chi connectivity index (χ2v) is 15.3. The Kier molecular flexibility index (Phi) is 13.4. The van der Waals surface area contributed by atoms with Crippen LogP contribution in [0, 0.1) is 23.7 Å². The van der Waals surface area contributed by atoms with Crippen LogP contribution in [0.3, 0.4) is 0 Å². The number of alkyl carbamates (subject to hydrolysis) is 2. The molecule has 60 heavy (non-hydrogen) atoms. The Balaban J connectivity index is 1.11. The summed E-state index contributed by atoms with van der Waals surface area (Å²) in [6.07, 6.45) is 3.21. The highest BCUT2D eigenvalue weighted by atomic mass is 16.5. The van der Waals surface area contributed by atoms with E-state index in [9.17, 15) is 24.0 Å². The van der Waals surface area contributed by atoms with E-state index < -0.39 is 36.4 Å². The predicted molar refractivity (Wildman–Crippen MR) is 220 cm³/mol. The summed E-state index contributed by atoms with van der Waals surface area (Å²) in [5, 5.41) is 5.29. The van der Waals surface area contributed by atoms with Gasteiger partial charge in [0, 0.05) is 41.2 Å². The molecule has 4 unspecified atom stereocenters. The average Bonchev–Trinajstić information content (AvgIpc) is 4.10. The van der Waals surface area contributed by atoms with E-state index in [1.165, 1.54) is 31.1 Å². The molecule has 0 spiro atoms. The summed E-state index contributed by atoms with van der Waals surface area (Å²) in [6, 6.07) is 13.0. The number of likely N-dealkylation sites (tertiary alicyclic amines) is 1. The first kappa shape index (κ1) is 42.8. The fraction of sp³-hybridized carbons (Fsp3) is 0.419. The van der Waals surface area contributed by atoms with Gasteiger partial charge in [-0.2, -0.15) is 0 Å². The molecule has 4 atom stereocenters. The van der Waals surface area contributed by atoms with Crippen LogP contribution in [0.4, 0.5) is 14.4 Å². The van der Waals surface area contributed by atoms with Crippen molar-refractivity contribution < 1.29 is 38.2 Å². The number of rotatable bonds is 10. The number of ether oxygens (including phenoxy) is 3. The van der Waals surface area contributed by atoms with E-state index in [0.29, 0.717) is 23.9 Å². The molecule has 0 bridgehead atoms. The van der Waals surface area contributed by atoms with Gasteiger partial charge in [0.2, 0.25) is 11.8 Å². The molecule has 6 rings (SSSR count). The third kappa shape index (κ3) is 9.54. The minimum atomic E-state index is -0.889. The summed E-state index contributed by atoms with van der Waals surface area (Å²) in [6.45, 7) is 8.07. The maximum absolute atomic E-state index is 13.8. The lowest BCUT2D eigenvalue weighted by Crippen LogP contribution is -2.51. The lowest BCUT2D eigenvalue weighted by atomic mass is 10.0. The van der Waals surface area contributed by atoms with E-state index in [-0.39, 0.29) is 42.9 Å². The van der Waals surface area contributed by atoms with Crippen LogP contribution in [0.5, 0.6) is 0 Å². The molecule has 17 nitrogen and oxygen atoms in total. The minimum absolute atomic E-state index is 0.0418. The quantitative estimate of drug-likeness (QED) is 0.122. The number of benzene rings is 2. The largest absolute Gasteiger partial charge is 0.453 e. The van der Waals surface area contributed by atoms with Crippen LogP contribution < -0.4 is 10.6 Å². The maximum atomic E-state index is 13.8. The van der Waals surface area contributed by atoms with Crippen molar-refractivity contribution in [2.24, 2.45) is 11.8 Å². The molecule has 0 saturated carbocycles. The van der Waals surface area contributed by atoms with Gasteiger partial charge in [0.05, 0.1) is 52.0 Å². The van der Waals surface area contributed by atoms with Crippen molar-refractivity contribution in [3.63, 3.8) is 0 Å². The van der Waals surface area contributed by atoms with Gasteiger partial charge < -0.3 is 44.6 Å². The molecule has 17 heteroatoms. The fourth-order valence-electron chi connectivity index (χ4n) is 7.34. The maximum Gasteiger partial charge on any atom is 0.410 e. The van der Waals surface area contributed by atoms with Gasteiger partial charge in [0.1, 0.15) is 29.8 Å². The number of imidazole rings is 2. The van der Waals surface area contributed by atoms with E-state index in [1.807, 2.05) is 82.4 Å². The van der Waals surface area contributed by atoms with Crippen molar-refractivity contribution >= 4 is 30.1 Å². The van der Waals surface area contributed by atoms with Crippen molar-refractivity contribution in [1.29, 1.82) is 0 Å². The zero-order valence-electron chi connectivity index (χ0n) is 34.8. The molecule has 4 aromatic rings. The van der Waals surface area contributed by atoms with Crippen LogP contribution in [-0.4, -0.2) is 118 Å². The standard InChI is InChI=1S/C43H51N9O8/c1-25(2)35(48-41(55)58-5)39(53)51-20-8-9-33(51)37-44-21-31(46-37)29-16-12-27(13-17-29)10-11-28-14-18-30(19-15-28)32-22-45-38(47-32)34-23-50(43(57)60-7)24-52(34)40(54)36(26(3)4)49-42(56)59-6/h12-19,21-22,25-26,33-36H,8-9,20,23-24H2,1-7H3,(H,44,46)(H,45,47)(H,48,55)(H,49,56). The van der Waals surface area contributed by atoms with Gasteiger partial charge in [0.15, 0.2) is 0 Å². The highest BCUT2D eigenvalue weighted by molar-refractivity contribution is 5.87. The number of carbonyl (C=O) groups excluding carboxylic acids is 5. The van der Waals surface area contributed by atoms with Gasteiger partial charge in [0.25, 0.3) is 0 Å². The van der Waals surface area contributed by atoms with Crippen molar-refractivity contribution in [2.45, 2.75) is 64.7 Å². The van der Waals surface area contributed by atoms with Crippen molar-refractivity contribution in [1.82, 2.24) is 45.3 Å². The van der Waals surface area contributed by atoms with Crippen LogP contribution in [0.2, 0.25) is 0 Å². The molecule has 2 aliphatic rings. The zero-order valence-corrected chi connectivity index (χ0v) is 34.8. The number of amides is 5. The Labute approximate surface area is 348 Å². The number of nitrogens with one attached hydrogen (secondary N) is 4. The van der Waals surface area contributed by atoms with Gasteiger partial charge in [-0.25, -0.2) is 24.4 Å². The third-order valence-corrected chi connectivity index (χ3v) is 10.7. The predicted octanol–water partition coefficient (Wildman–Crippen LogP) is 5.20. The fourth-order valence-corrected chi connectivity index (χ4v) is 7.34. The molecule has 2 aliphatic heterocycles. The summed E-state index contributed by atoms with van der Waals surface area (Å²) >= 11 is 0. The lowest BCUT2D eigenvalue weighted by molar-refractivity contribution is -0.136. The summed E-state index contributed by atoms with van der Waals surface area (Å²) in [7, 11) is 3.78. The third-order valence-electron chi connectivity index (χ3n) is 10.7. The first-order chi connectivity index (χ1) is 28.8. The lowest BCUT2D eigenvalue weighted by Gasteiger charge is -2.29. The number of methoxy groups -OCH3 is 3. The second kappa shape index (κ2) is 18.8. The molecular weight excluding hydrogens is 771 g/mol. The van der Waals surface area contributed by atoms with Crippen LogP contribution in [0.15, 0.2) is 60.9 Å². The van der Waals surface area contributed by atoms with Gasteiger partial charge in [-0.15, -0.1) is 0 Å². The molecular formula is C43H51N9O8. The van der Waals surface area contributed by atoms with E-state index >= 15 is 0 Å². The molecule has 2 aromatic heterocycles. The molecule has 4 heterocycles. The monoisotopic (exact) mass is 821 g/mol. The number of aromatic amines is 2. The summed E-state index contributed by atoms with van der Waals surface area (Å²) in [5.41, 5.74) is 4.72. The van der Waals surface area contributed by atoms with E-state index in [0.717, 1.165) is 40.8 Å². The van der Waals surface area contributed by atoms with Crippen LogP contribution in [-0.2, 0) is 23.8 Å². The molecule has 2 saturated heterocycles. The Hall–Kier alpha value is -6.83. The SMILES string of the molecule is COC(=O)NC(C(=O)N1CCCC1c1nc(-c2ccc(C#Cc3ccc(-c4c[nH]c(C5CN(C(=O)OC)CN5C(=O)C(NC(=O)OC)C(C)C)n4)cc3)cc2)c[nH]1)C(C)C. The smallest absolute Gasteiger partial charge is 0.410 e. The molecule has 2 fully saturated rings. The number of hydrogen-bond donors (Lipinski definition) is 4. The second-order valence-electron chi connectivity index (χ2n) is 15.3. The van der Waals surface area contributed by atoms with E-state index in [2.05, 4.69) is 32.4 Å².